The summed E-state index contributed by atoms with van der Waals surface area (Å²) in [5.74, 6) is -3.93. The van der Waals surface area contributed by atoms with E-state index in [1.54, 1.807) is 12.1 Å². The van der Waals surface area contributed by atoms with Crippen molar-refractivity contribution in [3.63, 3.8) is 0 Å². The first-order valence-corrected chi connectivity index (χ1v) is 11.2. The van der Waals surface area contributed by atoms with Gasteiger partial charge in [-0.2, -0.15) is 0 Å². The van der Waals surface area contributed by atoms with Crippen molar-refractivity contribution >= 4 is 29.6 Å². The average molecular weight is 495 g/mol. The molecule has 35 heavy (non-hydrogen) atoms. The molecule has 0 aromatic heterocycles. The summed E-state index contributed by atoms with van der Waals surface area (Å²) >= 11 is 0. The maximum Gasteiger partial charge on any atom is 0.322 e. The maximum atomic E-state index is 13.1. The first-order valence-electron chi connectivity index (χ1n) is 11.2. The molecule has 1 aromatic carbocycles. The molecule has 0 spiro atoms. The van der Waals surface area contributed by atoms with Crippen molar-refractivity contribution in [3.8, 4) is 5.75 Å². The number of primary amides is 1. The predicted molar refractivity (Wildman–Crippen MR) is 126 cm³/mol. The second kappa shape index (κ2) is 15.2. The molecule has 0 heterocycles. The molecule has 0 aliphatic carbocycles. The average Bonchev–Trinajstić information content (AvgIpc) is 2.81. The molecule has 13 heteroatoms. The molecule has 3 atom stereocenters. The molecule has 13 nitrogen and oxygen atoms in total. The number of carbonyl (C=O) groups is 5. The number of hydrogen-bond donors (Lipinski definition) is 8. The number of unbranched alkanes of at least 4 members (excludes halogenated alkanes) is 1. The van der Waals surface area contributed by atoms with Crippen LogP contribution in [0.1, 0.15) is 37.7 Å². The van der Waals surface area contributed by atoms with Gasteiger partial charge < -0.3 is 43.4 Å². The molecule has 0 saturated carbocycles. The summed E-state index contributed by atoms with van der Waals surface area (Å²) in [6, 6.07) is 2.64. The summed E-state index contributed by atoms with van der Waals surface area (Å²) in [4.78, 5) is 59.9. The minimum Gasteiger partial charge on any atom is -0.508 e. The number of phenolic OH excluding ortho intramolecular Hbond substituents is 1. The van der Waals surface area contributed by atoms with Crippen molar-refractivity contribution in [3.05, 3.63) is 29.8 Å². The molecule has 0 aliphatic heterocycles. The van der Waals surface area contributed by atoms with Crippen molar-refractivity contribution in [2.45, 2.75) is 56.7 Å². The number of phenols is 1. The van der Waals surface area contributed by atoms with Gasteiger partial charge in [0, 0.05) is 12.8 Å². The van der Waals surface area contributed by atoms with Crippen molar-refractivity contribution in [2.24, 2.45) is 17.2 Å². The molecule has 4 amide bonds. The zero-order chi connectivity index (χ0) is 26.4. The Morgan fingerprint density at radius 2 is 1.51 bits per heavy atom. The Hall–Kier alpha value is -3.71. The first kappa shape index (κ1) is 29.3. The number of benzene rings is 1. The maximum absolute atomic E-state index is 13.1. The quantitative estimate of drug-likeness (QED) is 0.116. The molecule has 0 saturated heterocycles. The van der Waals surface area contributed by atoms with Crippen molar-refractivity contribution in [1.29, 1.82) is 0 Å². The first-order chi connectivity index (χ1) is 16.5. The standard InChI is InChI=1S/C22H34N6O7/c23-10-2-1-3-16(21(34)26-12-19(31)32)27-22(35)17(11-13-4-6-14(29)7-5-13)28-20(33)15(24)8-9-18(25)30/h4-7,15-17,29H,1-3,8-12,23-24H2,(H2,25,30)(H,26,34)(H,27,35)(H,28,33)(H,31,32). The number of carboxylic acid groups (broad SMARTS) is 1. The van der Waals surface area contributed by atoms with E-state index in [-0.39, 0.29) is 31.4 Å². The lowest BCUT2D eigenvalue weighted by Crippen LogP contribution is -2.56. The van der Waals surface area contributed by atoms with Crippen LogP contribution in [-0.2, 0) is 30.4 Å². The van der Waals surface area contributed by atoms with E-state index >= 15 is 0 Å². The van der Waals surface area contributed by atoms with Gasteiger partial charge >= 0.3 is 5.97 Å². The molecule has 1 aromatic rings. The molecule has 3 unspecified atom stereocenters. The number of aromatic hydroxyl groups is 1. The normalized spacial score (nSPS) is 13.2. The monoisotopic (exact) mass is 494 g/mol. The largest absolute Gasteiger partial charge is 0.508 e. The van der Waals surface area contributed by atoms with Crippen LogP contribution in [0, 0.1) is 0 Å². The smallest absolute Gasteiger partial charge is 0.322 e. The molecule has 194 valence electrons. The van der Waals surface area contributed by atoms with Crippen molar-refractivity contribution < 1.29 is 34.2 Å². The van der Waals surface area contributed by atoms with Gasteiger partial charge in [0.2, 0.25) is 23.6 Å². The number of nitrogens with one attached hydrogen (secondary N) is 3. The lowest BCUT2D eigenvalue weighted by Gasteiger charge is -2.24. The van der Waals surface area contributed by atoms with Gasteiger partial charge in [0.25, 0.3) is 0 Å². The number of carboxylic acids is 1. The van der Waals surface area contributed by atoms with E-state index in [9.17, 15) is 29.1 Å². The van der Waals surface area contributed by atoms with E-state index in [4.69, 9.17) is 22.3 Å². The number of carbonyl (C=O) groups excluding carboxylic acids is 4. The highest BCUT2D eigenvalue weighted by Crippen LogP contribution is 2.12. The summed E-state index contributed by atoms with van der Waals surface area (Å²) in [6.07, 6.45) is 1.15. The van der Waals surface area contributed by atoms with Crippen LogP contribution < -0.4 is 33.2 Å². The third kappa shape index (κ3) is 11.8. The zero-order valence-electron chi connectivity index (χ0n) is 19.4. The summed E-state index contributed by atoms with van der Waals surface area (Å²) < 4.78 is 0. The van der Waals surface area contributed by atoms with Gasteiger partial charge in [-0.3, -0.25) is 24.0 Å². The molecule has 1 rings (SSSR count). The van der Waals surface area contributed by atoms with Crippen LogP contribution in [-0.4, -0.2) is 71.0 Å². The molecule has 0 bridgehead atoms. The summed E-state index contributed by atoms with van der Waals surface area (Å²) in [5.41, 5.74) is 17.0. The van der Waals surface area contributed by atoms with Crippen molar-refractivity contribution in [1.82, 2.24) is 16.0 Å². The van der Waals surface area contributed by atoms with E-state index in [0.717, 1.165) is 0 Å². The molecular formula is C22H34N6O7. The van der Waals surface area contributed by atoms with Gasteiger partial charge in [-0.15, -0.1) is 0 Å². The Balaban J connectivity index is 3.02. The summed E-state index contributed by atoms with van der Waals surface area (Å²) in [6.45, 7) is -0.245. The van der Waals surface area contributed by atoms with Crippen molar-refractivity contribution in [2.75, 3.05) is 13.1 Å². The van der Waals surface area contributed by atoms with E-state index in [1.807, 2.05) is 0 Å². The highest BCUT2D eigenvalue weighted by atomic mass is 16.4. The van der Waals surface area contributed by atoms with Crippen LogP contribution in [0.3, 0.4) is 0 Å². The minimum atomic E-state index is -1.24. The summed E-state index contributed by atoms with van der Waals surface area (Å²) in [7, 11) is 0. The highest BCUT2D eigenvalue weighted by molar-refractivity contribution is 5.94. The second-order valence-electron chi connectivity index (χ2n) is 8.00. The topological polar surface area (TPSA) is 240 Å². The molecular weight excluding hydrogens is 460 g/mol. The fourth-order valence-electron chi connectivity index (χ4n) is 3.10. The Kier molecular flexibility index (Phi) is 12.8. The van der Waals surface area contributed by atoms with Gasteiger partial charge in [-0.05, 0) is 49.9 Å². The number of amides is 4. The lowest BCUT2D eigenvalue weighted by molar-refractivity contribution is -0.138. The second-order valence-corrected chi connectivity index (χ2v) is 8.00. The van der Waals surface area contributed by atoms with Gasteiger partial charge in [0.15, 0.2) is 0 Å². The van der Waals surface area contributed by atoms with E-state index in [1.165, 1.54) is 12.1 Å². The molecule has 11 N–H and O–H groups in total. The fraction of sp³-hybridized carbons (Fsp3) is 0.500. The third-order valence-electron chi connectivity index (χ3n) is 5.04. The van der Waals surface area contributed by atoms with E-state index in [2.05, 4.69) is 16.0 Å². The molecule has 0 fully saturated rings. The number of rotatable bonds is 16. The zero-order valence-corrected chi connectivity index (χ0v) is 19.4. The van der Waals surface area contributed by atoms with Crippen LogP contribution in [0.25, 0.3) is 0 Å². The van der Waals surface area contributed by atoms with Gasteiger partial charge in [0.1, 0.15) is 24.4 Å². The predicted octanol–water partition coefficient (Wildman–Crippen LogP) is -2.17. The number of aliphatic carboxylic acids is 1. The highest BCUT2D eigenvalue weighted by Gasteiger charge is 2.28. The van der Waals surface area contributed by atoms with Crippen LogP contribution in [0.4, 0.5) is 0 Å². The third-order valence-corrected chi connectivity index (χ3v) is 5.04. The number of hydrogen-bond acceptors (Lipinski definition) is 8. The Labute approximate surface area is 202 Å². The molecule has 0 aliphatic rings. The van der Waals surface area contributed by atoms with Gasteiger partial charge in [-0.25, -0.2) is 0 Å². The van der Waals surface area contributed by atoms with Gasteiger partial charge in [0.05, 0.1) is 6.04 Å². The van der Waals surface area contributed by atoms with Crippen LogP contribution >= 0.6 is 0 Å². The lowest BCUT2D eigenvalue weighted by atomic mass is 10.0. The van der Waals surface area contributed by atoms with Gasteiger partial charge in [-0.1, -0.05) is 12.1 Å². The minimum absolute atomic E-state index is 0.00660. The van der Waals surface area contributed by atoms with Crippen LogP contribution in [0.2, 0.25) is 0 Å². The Morgan fingerprint density at radius 3 is 2.09 bits per heavy atom. The fourth-order valence-corrected chi connectivity index (χ4v) is 3.10. The Bertz CT molecular complexity index is 878. The van der Waals surface area contributed by atoms with E-state index in [0.29, 0.717) is 24.9 Å². The summed E-state index contributed by atoms with van der Waals surface area (Å²) in [5, 5.41) is 25.6. The van der Waals surface area contributed by atoms with Crippen LogP contribution in [0.15, 0.2) is 24.3 Å². The molecule has 0 radical (unpaired) electrons. The van der Waals surface area contributed by atoms with E-state index < -0.39 is 54.3 Å². The van der Waals surface area contributed by atoms with Crippen LogP contribution in [0.5, 0.6) is 5.75 Å². The Morgan fingerprint density at radius 1 is 0.886 bits per heavy atom. The number of nitrogens with two attached hydrogens (primary N) is 3. The SMILES string of the molecule is NCCCCC(NC(=O)C(Cc1ccc(O)cc1)NC(=O)C(N)CCC(N)=O)C(=O)NCC(=O)O.